The number of phenolic OH excluding ortho intramolecular Hbond substituents is 1. The van der Waals surface area contributed by atoms with Gasteiger partial charge in [0, 0.05) is 6.42 Å². The van der Waals surface area contributed by atoms with Crippen LogP contribution in [0.2, 0.25) is 5.02 Å². The number of ether oxygens (including phenoxy) is 1. The van der Waals surface area contributed by atoms with Crippen LogP contribution in [0.3, 0.4) is 0 Å². The zero-order chi connectivity index (χ0) is 15.0. The Labute approximate surface area is 120 Å². The monoisotopic (exact) mass is 296 g/mol. The summed E-state index contributed by atoms with van der Waals surface area (Å²) < 4.78 is 10.1. The predicted molar refractivity (Wildman–Crippen MR) is 73.6 cm³/mol. The van der Waals surface area contributed by atoms with E-state index in [-0.39, 0.29) is 45.1 Å². The van der Waals surface area contributed by atoms with Crippen molar-refractivity contribution >= 4 is 34.3 Å². The summed E-state index contributed by atoms with van der Waals surface area (Å²) in [6.07, 6.45) is 0.221. The Morgan fingerprint density at radius 2 is 2.10 bits per heavy atom. The van der Waals surface area contributed by atoms with Crippen LogP contribution in [0.15, 0.2) is 10.5 Å². The first-order chi connectivity index (χ1) is 9.42. The van der Waals surface area contributed by atoms with Crippen molar-refractivity contribution in [3.05, 3.63) is 28.0 Å². The second-order valence-electron chi connectivity index (χ2n) is 4.26. The number of carbonyl (C=O) groups excluding carboxylic acids is 2. The van der Waals surface area contributed by atoms with Crippen LogP contribution in [0.4, 0.5) is 0 Å². The van der Waals surface area contributed by atoms with Crippen LogP contribution >= 0.6 is 11.6 Å². The fourth-order valence-electron chi connectivity index (χ4n) is 2.07. The molecule has 1 aromatic heterocycles. The van der Waals surface area contributed by atoms with Crippen molar-refractivity contribution in [3.63, 3.8) is 0 Å². The normalized spacial score (nSPS) is 10.8. The molecule has 0 aliphatic rings. The van der Waals surface area contributed by atoms with Gasteiger partial charge in [-0.25, -0.2) is 4.79 Å². The highest BCUT2D eigenvalue weighted by Gasteiger charge is 2.25. The van der Waals surface area contributed by atoms with Gasteiger partial charge in [-0.15, -0.1) is 0 Å². The van der Waals surface area contributed by atoms with Gasteiger partial charge in [0.2, 0.25) is 0 Å². The van der Waals surface area contributed by atoms with E-state index in [1.807, 2.05) is 0 Å². The summed E-state index contributed by atoms with van der Waals surface area (Å²) in [5, 5.41) is 10.2. The smallest absolute Gasteiger partial charge is 0.342 e. The number of furan rings is 1. The van der Waals surface area contributed by atoms with Gasteiger partial charge < -0.3 is 14.3 Å². The molecule has 0 bridgehead atoms. The van der Waals surface area contributed by atoms with E-state index in [9.17, 15) is 14.7 Å². The molecule has 0 aliphatic carbocycles. The number of Topliss-reactive ketones (excluding diaryl/α,β-unsaturated/α-hetero) is 1. The van der Waals surface area contributed by atoms with Gasteiger partial charge in [0.15, 0.2) is 5.78 Å². The van der Waals surface area contributed by atoms with E-state index in [1.165, 1.54) is 13.2 Å². The number of carbonyl (C=O) groups is 2. The number of halogens is 1. The van der Waals surface area contributed by atoms with Crippen molar-refractivity contribution in [1.82, 2.24) is 0 Å². The van der Waals surface area contributed by atoms with Gasteiger partial charge in [-0.1, -0.05) is 18.5 Å². The number of ketones is 1. The number of esters is 1. The van der Waals surface area contributed by atoms with Gasteiger partial charge in [0.1, 0.15) is 22.7 Å². The van der Waals surface area contributed by atoms with Crippen molar-refractivity contribution in [3.8, 4) is 5.75 Å². The molecule has 1 N–H and O–H groups in total. The number of fused-ring (bicyclic) bond motifs is 1. The summed E-state index contributed by atoms with van der Waals surface area (Å²) in [4.78, 5) is 23.5. The first kappa shape index (κ1) is 14.4. The molecule has 0 fully saturated rings. The van der Waals surface area contributed by atoms with E-state index in [0.29, 0.717) is 5.76 Å². The summed E-state index contributed by atoms with van der Waals surface area (Å²) in [5.41, 5.74) is 0.496. The van der Waals surface area contributed by atoms with Gasteiger partial charge in [-0.3, -0.25) is 4.79 Å². The second-order valence-corrected chi connectivity index (χ2v) is 4.64. The van der Waals surface area contributed by atoms with Crippen molar-refractivity contribution in [1.29, 1.82) is 0 Å². The van der Waals surface area contributed by atoms with Crippen LogP contribution in [-0.4, -0.2) is 24.0 Å². The lowest BCUT2D eigenvalue weighted by Crippen LogP contribution is -2.03. The van der Waals surface area contributed by atoms with Crippen LogP contribution in [0, 0.1) is 6.92 Å². The molecule has 0 spiro atoms. The third kappa shape index (κ3) is 2.04. The molecule has 2 rings (SSSR count). The topological polar surface area (TPSA) is 76.7 Å². The average molecular weight is 297 g/mol. The molecule has 0 atom stereocenters. The maximum Gasteiger partial charge on any atom is 0.342 e. The Bertz CT molecular complexity index is 714. The lowest BCUT2D eigenvalue weighted by Gasteiger charge is -2.06. The molecule has 0 amide bonds. The molecule has 0 aliphatic heterocycles. The number of methoxy groups -OCH3 is 1. The van der Waals surface area contributed by atoms with Gasteiger partial charge >= 0.3 is 5.97 Å². The van der Waals surface area contributed by atoms with Crippen LogP contribution in [-0.2, 0) is 4.74 Å². The maximum absolute atomic E-state index is 11.8. The molecule has 2 aromatic rings. The molecular weight excluding hydrogens is 284 g/mol. The SMILES string of the molecule is CCC(=O)c1cc2oc(C)c(C(=O)OC)c2c(Cl)c1O. The molecular formula is C14H13ClO5. The van der Waals surface area contributed by atoms with E-state index in [2.05, 4.69) is 4.74 Å². The van der Waals surface area contributed by atoms with Crippen molar-refractivity contribution in [2.75, 3.05) is 7.11 Å². The number of aryl methyl sites for hydroxylation is 1. The fourth-order valence-corrected chi connectivity index (χ4v) is 2.36. The fraction of sp³-hybridized carbons (Fsp3) is 0.286. The third-order valence-corrected chi connectivity index (χ3v) is 3.45. The molecule has 1 heterocycles. The quantitative estimate of drug-likeness (QED) is 0.693. The molecule has 106 valence electrons. The lowest BCUT2D eigenvalue weighted by atomic mass is 10.0. The highest BCUT2D eigenvalue weighted by Crippen LogP contribution is 2.40. The van der Waals surface area contributed by atoms with Crippen molar-refractivity contribution in [2.45, 2.75) is 20.3 Å². The largest absolute Gasteiger partial charge is 0.506 e. The Hall–Kier alpha value is -2.01. The Balaban J connectivity index is 2.84. The summed E-state index contributed by atoms with van der Waals surface area (Å²) in [7, 11) is 1.24. The molecule has 0 unspecified atom stereocenters. The molecule has 20 heavy (non-hydrogen) atoms. The van der Waals surface area contributed by atoms with Gasteiger partial charge in [0.05, 0.1) is 23.1 Å². The minimum Gasteiger partial charge on any atom is -0.506 e. The van der Waals surface area contributed by atoms with Crippen molar-refractivity contribution in [2.24, 2.45) is 0 Å². The number of hydrogen-bond acceptors (Lipinski definition) is 5. The number of hydrogen-bond donors (Lipinski definition) is 1. The molecule has 0 saturated carbocycles. The highest BCUT2D eigenvalue weighted by atomic mass is 35.5. The van der Waals surface area contributed by atoms with E-state index in [0.717, 1.165) is 0 Å². The van der Waals surface area contributed by atoms with Crippen LogP contribution < -0.4 is 0 Å². The number of phenols is 1. The van der Waals surface area contributed by atoms with Gasteiger partial charge in [0.25, 0.3) is 0 Å². The molecule has 5 nitrogen and oxygen atoms in total. The lowest BCUT2D eigenvalue weighted by molar-refractivity contribution is 0.0600. The highest BCUT2D eigenvalue weighted by molar-refractivity contribution is 6.39. The van der Waals surface area contributed by atoms with Crippen LogP contribution in [0.1, 0.15) is 39.8 Å². The molecule has 6 heteroatoms. The molecule has 0 saturated heterocycles. The molecule has 0 radical (unpaired) electrons. The van der Waals surface area contributed by atoms with E-state index < -0.39 is 5.97 Å². The number of benzene rings is 1. The number of aromatic hydroxyl groups is 1. The Kier molecular flexibility index (Phi) is 3.72. The average Bonchev–Trinajstić information content (AvgIpc) is 2.77. The van der Waals surface area contributed by atoms with Gasteiger partial charge in [-0.2, -0.15) is 0 Å². The van der Waals surface area contributed by atoms with E-state index >= 15 is 0 Å². The minimum atomic E-state index is -0.614. The maximum atomic E-state index is 11.8. The third-order valence-electron chi connectivity index (χ3n) is 3.08. The first-order valence-corrected chi connectivity index (χ1v) is 6.36. The minimum absolute atomic E-state index is 0.0789. The predicted octanol–water partition coefficient (Wildman–Crippen LogP) is 3.48. The Morgan fingerprint density at radius 1 is 1.45 bits per heavy atom. The Morgan fingerprint density at radius 3 is 2.65 bits per heavy atom. The zero-order valence-electron chi connectivity index (χ0n) is 11.2. The van der Waals surface area contributed by atoms with Crippen LogP contribution in [0.25, 0.3) is 11.0 Å². The summed E-state index contributed by atoms with van der Waals surface area (Å²) in [6.45, 7) is 3.26. The van der Waals surface area contributed by atoms with Crippen molar-refractivity contribution < 1.29 is 23.8 Å². The zero-order valence-corrected chi connectivity index (χ0v) is 12.0. The van der Waals surface area contributed by atoms with Crippen LogP contribution in [0.5, 0.6) is 5.75 Å². The number of rotatable bonds is 3. The molecule has 1 aromatic carbocycles. The summed E-state index contributed by atoms with van der Waals surface area (Å²) in [6, 6.07) is 1.39. The first-order valence-electron chi connectivity index (χ1n) is 5.98. The van der Waals surface area contributed by atoms with E-state index in [4.69, 9.17) is 16.0 Å². The van der Waals surface area contributed by atoms with E-state index in [1.54, 1.807) is 13.8 Å². The summed E-state index contributed by atoms with van der Waals surface area (Å²) >= 11 is 6.08. The standard InChI is InChI=1S/C14H13ClO5/c1-4-8(16)7-5-9-11(12(15)13(7)17)10(6(2)20-9)14(18)19-3/h5,17H,4H2,1-3H3. The summed E-state index contributed by atoms with van der Waals surface area (Å²) in [5.74, 6) is -0.914. The van der Waals surface area contributed by atoms with Gasteiger partial charge in [-0.05, 0) is 13.0 Å². The second kappa shape index (κ2) is 5.17.